The Morgan fingerprint density at radius 2 is 2.32 bits per heavy atom. The zero-order chi connectivity index (χ0) is 14.0. The third-order valence-electron chi connectivity index (χ3n) is 2.47. The van der Waals surface area contributed by atoms with Gasteiger partial charge in [-0.25, -0.2) is 4.98 Å². The Balaban J connectivity index is 2.16. The summed E-state index contributed by atoms with van der Waals surface area (Å²) in [5.41, 5.74) is 5.94. The molecule has 2 aromatic rings. The number of carbonyl (C=O) groups is 1. The fourth-order valence-corrected chi connectivity index (χ4v) is 3.25. The lowest BCUT2D eigenvalue weighted by molar-refractivity contribution is 0.0786. The van der Waals surface area contributed by atoms with Crippen LogP contribution in [-0.4, -0.2) is 22.8 Å². The van der Waals surface area contributed by atoms with Crippen molar-refractivity contribution in [3.8, 4) is 0 Å². The van der Waals surface area contributed by atoms with Crippen LogP contribution in [0.5, 0.6) is 0 Å². The second kappa shape index (κ2) is 5.90. The first-order valence-electron chi connectivity index (χ1n) is 5.37. The third-order valence-corrected chi connectivity index (χ3v) is 4.45. The SMILES string of the molecule is CN(Cc1cc(Br)cs1)C(=O)c1cc(N)ncc1Cl. The summed E-state index contributed by atoms with van der Waals surface area (Å²) in [5.74, 6) is 0.101. The number of hydrogen-bond donors (Lipinski definition) is 1. The topological polar surface area (TPSA) is 59.2 Å². The molecular formula is C12H11BrClN3OS. The van der Waals surface area contributed by atoms with E-state index in [0.29, 0.717) is 17.1 Å². The Bertz CT molecular complexity index is 617. The van der Waals surface area contributed by atoms with E-state index in [2.05, 4.69) is 20.9 Å². The van der Waals surface area contributed by atoms with Gasteiger partial charge in [0, 0.05) is 28.0 Å². The number of nitrogens with zero attached hydrogens (tertiary/aromatic N) is 2. The van der Waals surface area contributed by atoms with Crippen molar-refractivity contribution in [3.05, 3.63) is 43.6 Å². The maximum Gasteiger partial charge on any atom is 0.255 e. The predicted molar refractivity (Wildman–Crippen MR) is 81.5 cm³/mol. The number of nitrogen functional groups attached to an aromatic ring is 1. The number of nitrogens with two attached hydrogens (primary N) is 1. The molecule has 100 valence electrons. The van der Waals surface area contributed by atoms with Gasteiger partial charge in [0.25, 0.3) is 5.91 Å². The first kappa shape index (κ1) is 14.3. The average molecular weight is 361 g/mol. The molecule has 0 saturated heterocycles. The Morgan fingerprint density at radius 3 is 2.95 bits per heavy atom. The molecule has 2 N–H and O–H groups in total. The standard InChI is InChI=1S/C12H11BrClN3OS/c1-17(5-8-2-7(13)6-19-8)12(18)9-3-11(15)16-4-10(9)14/h2-4,6H,5H2,1H3,(H2,15,16). The van der Waals surface area contributed by atoms with Gasteiger partial charge in [-0.05, 0) is 28.1 Å². The van der Waals surface area contributed by atoms with E-state index in [1.165, 1.54) is 12.3 Å². The van der Waals surface area contributed by atoms with Crippen molar-refractivity contribution < 1.29 is 4.79 Å². The first-order chi connectivity index (χ1) is 8.97. The van der Waals surface area contributed by atoms with E-state index in [1.54, 1.807) is 23.3 Å². The fourth-order valence-electron chi connectivity index (χ4n) is 1.57. The van der Waals surface area contributed by atoms with E-state index in [9.17, 15) is 4.79 Å². The van der Waals surface area contributed by atoms with Gasteiger partial charge in [0.05, 0.1) is 17.1 Å². The lowest BCUT2D eigenvalue weighted by atomic mass is 10.2. The smallest absolute Gasteiger partial charge is 0.255 e. The van der Waals surface area contributed by atoms with Crippen molar-refractivity contribution in [2.45, 2.75) is 6.54 Å². The van der Waals surface area contributed by atoms with Crippen LogP contribution in [0.2, 0.25) is 5.02 Å². The van der Waals surface area contributed by atoms with Gasteiger partial charge >= 0.3 is 0 Å². The van der Waals surface area contributed by atoms with Crippen LogP contribution < -0.4 is 5.73 Å². The van der Waals surface area contributed by atoms with Gasteiger partial charge in [-0.1, -0.05) is 11.6 Å². The predicted octanol–water partition coefficient (Wildman–Crippen LogP) is 3.41. The molecular weight excluding hydrogens is 350 g/mol. The van der Waals surface area contributed by atoms with Gasteiger partial charge < -0.3 is 10.6 Å². The summed E-state index contributed by atoms with van der Waals surface area (Å²) in [6, 6.07) is 3.47. The highest BCUT2D eigenvalue weighted by atomic mass is 79.9. The average Bonchev–Trinajstić information content (AvgIpc) is 2.77. The quantitative estimate of drug-likeness (QED) is 0.912. The molecule has 0 saturated carbocycles. The molecule has 0 unspecified atom stereocenters. The van der Waals surface area contributed by atoms with Crippen LogP contribution in [0.1, 0.15) is 15.2 Å². The van der Waals surface area contributed by atoms with Crippen LogP contribution in [0.4, 0.5) is 5.82 Å². The molecule has 0 aliphatic rings. The van der Waals surface area contributed by atoms with Crippen LogP contribution in [-0.2, 0) is 6.54 Å². The second-order valence-electron chi connectivity index (χ2n) is 3.98. The van der Waals surface area contributed by atoms with Crippen molar-refractivity contribution in [2.75, 3.05) is 12.8 Å². The molecule has 0 aromatic carbocycles. The van der Waals surface area contributed by atoms with E-state index in [1.807, 2.05) is 11.4 Å². The second-order valence-corrected chi connectivity index (χ2v) is 6.30. The Hall–Kier alpha value is -1.11. The largest absolute Gasteiger partial charge is 0.384 e. The van der Waals surface area contributed by atoms with E-state index in [4.69, 9.17) is 17.3 Å². The molecule has 4 nitrogen and oxygen atoms in total. The summed E-state index contributed by atoms with van der Waals surface area (Å²) in [7, 11) is 1.73. The van der Waals surface area contributed by atoms with Crippen LogP contribution in [0, 0.1) is 0 Å². The summed E-state index contributed by atoms with van der Waals surface area (Å²) in [6.45, 7) is 0.521. The minimum Gasteiger partial charge on any atom is -0.384 e. The Kier molecular flexibility index (Phi) is 4.44. The number of aromatic nitrogens is 1. The summed E-state index contributed by atoms with van der Waals surface area (Å²) >= 11 is 10.9. The molecule has 0 bridgehead atoms. The summed E-state index contributed by atoms with van der Waals surface area (Å²) < 4.78 is 1.01. The lowest BCUT2D eigenvalue weighted by Crippen LogP contribution is -2.26. The minimum atomic E-state index is -0.177. The van der Waals surface area contributed by atoms with Crippen LogP contribution in [0.25, 0.3) is 0 Å². The number of pyridine rings is 1. The summed E-state index contributed by atoms with van der Waals surface area (Å²) in [5, 5.41) is 2.28. The number of amides is 1. The molecule has 19 heavy (non-hydrogen) atoms. The van der Waals surface area contributed by atoms with Crippen LogP contribution in [0.15, 0.2) is 28.2 Å². The molecule has 0 aliphatic carbocycles. The number of anilines is 1. The molecule has 2 aromatic heterocycles. The van der Waals surface area contributed by atoms with E-state index in [0.717, 1.165) is 9.35 Å². The Labute approximate surface area is 128 Å². The maximum atomic E-state index is 12.3. The highest BCUT2D eigenvalue weighted by Crippen LogP contribution is 2.23. The molecule has 0 atom stereocenters. The monoisotopic (exact) mass is 359 g/mol. The molecule has 7 heteroatoms. The van der Waals surface area contributed by atoms with Gasteiger partial charge in [-0.15, -0.1) is 11.3 Å². The lowest BCUT2D eigenvalue weighted by Gasteiger charge is -2.17. The highest BCUT2D eigenvalue weighted by molar-refractivity contribution is 9.10. The van der Waals surface area contributed by atoms with Crippen molar-refractivity contribution >= 4 is 50.6 Å². The zero-order valence-corrected chi connectivity index (χ0v) is 13.2. The van der Waals surface area contributed by atoms with Crippen LogP contribution in [0.3, 0.4) is 0 Å². The van der Waals surface area contributed by atoms with Gasteiger partial charge in [0.1, 0.15) is 5.82 Å². The van der Waals surface area contributed by atoms with Crippen molar-refractivity contribution in [1.29, 1.82) is 0 Å². The van der Waals surface area contributed by atoms with Gasteiger partial charge in [-0.2, -0.15) is 0 Å². The number of rotatable bonds is 3. The van der Waals surface area contributed by atoms with E-state index in [-0.39, 0.29) is 11.7 Å². The fraction of sp³-hybridized carbons (Fsp3) is 0.167. The van der Waals surface area contributed by atoms with Gasteiger partial charge in [0.2, 0.25) is 0 Å². The number of hydrogen-bond acceptors (Lipinski definition) is 4. The summed E-state index contributed by atoms with van der Waals surface area (Å²) in [4.78, 5) is 18.8. The zero-order valence-electron chi connectivity index (χ0n) is 10.1. The van der Waals surface area contributed by atoms with Crippen molar-refractivity contribution in [2.24, 2.45) is 0 Å². The Morgan fingerprint density at radius 1 is 1.58 bits per heavy atom. The molecule has 2 rings (SSSR count). The summed E-state index contributed by atoms with van der Waals surface area (Å²) in [6.07, 6.45) is 1.39. The number of thiophene rings is 1. The minimum absolute atomic E-state index is 0.177. The normalized spacial score (nSPS) is 10.5. The molecule has 0 radical (unpaired) electrons. The van der Waals surface area contributed by atoms with Crippen LogP contribution >= 0.6 is 38.9 Å². The van der Waals surface area contributed by atoms with E-state index < -0.39 is 0 Å². The first-order valence-corrected chi connectivity index (χ1v) is 7.42. The van der Waals surface area contributed by atoms with Gasteiger partial charge in [0.15, 0.2) is 0 Å². The van der Waals surface area contributed by atoms with Crippen molar-refractivity contribution in [3.63, 3.8) is 0 Å². The molecule has 0 fully saturated rings. The molecule has 2 heterocycles. The maximum absolute atomic E-state index is 12.3. The highest BCUT2D eigenvalue weighted by Gasteiger charge is 2.16. The number of halogens is 2. The van der Waals surface area contributed by atoms with Gasteiger partial charge in [-0.3, -0.25) is 4.79 Å². The molecule has 1 amide bonds. The molecule has 0 spiro atoms. The third kappa shape index (κ3) is 3.46. The van der Waals surface area contributed by atoms with E-state index >= 15 is 0 Å². The molecule has 0 aliphatic heterocycles. The van der Waals surface area contributed by atoms with Crippen molar-refractivity contribution in [1.82, 2.24) is 9.88 Å². The number of carbonyl (C=O) groups excluding carboxylic acids is 1.